The minimum absolute atomic E-state index is 0.337. The van der Waals surface area contributed by atoms with E-state index in [1.165, 1.54) is 0 Å². The first-order valence-electron chi connectivity index (χ1n) is 6.86. The molecule has 2 aromatic carbocycles. The van der Waals surface area contributed by atoms with Gasteiger partial charge in [0.25, 0.3) is 0 Å². The van der Waals surface area contributed by atoms with Gasteiger partial charge in [-0.3, -0.25) is 0 Å². The second-order valence-corrected chi connectivity index (χ2v) is 5.02. The highest BCUT2D eigenvalue weighted by Crippen LogP contribution is 2.35. The van der Waals surface area contributed by atoms with Crippen molar-refractivity contribution in [2.75, 3.05) is 0 Å². The minimum Gasteiger partial charge on any atom is -0.380 e. The fourth-order valence-corrected chi connectivity index (χ4v) is 1.96. The molecule has 2 rings (SSSR count). The minimum atomic E-state index is -0.531. The molecule has 0 heterocycles. The van der Waals surface area contributed by atoms with Gasteiger partial charge in [0, 0.05) is 5.56 Å². The van der Waals surface area contributed by atoms with Gasteiger partial charge in [0.2, 0.25) is 0 Å². The van der Waals surface area contributed by atoms with E-state index in [9.17, 15) is 5.11 Å². The molecule has 1 atom stereocenters. The summed E-state index contributed by atoms with van der Waals surface area (Å²) in [4.78, 5) is 0. The zero-order valence-corrected chi connectivity index (χ0v) is 11.9. The predicted octanol–water partition coefficient (Wildman–Crippen LogP) is 4.41. The summed E-state index contributed by atoms with van der Waals surface area (Å²) in [5, 5.41) is 10.5. The number of aliphatic hydroxyl groups is 1. The van der Waals surface area contributed by atoms with Gasteiger partial charge in [-0.15, -0.1) is 0 Å². The van der Waals surface area contributed by atoms with E-state index in [-0.39, 0.29) is 0 Å². The lowest BCUT2D eigenvalue weighted by atomic mass is 9.79. The Morgan fingerprint density at radius 2 is 1.55 bits per heavy atom. The summed E-state index contributed by atoms with van der Waals surface area (Å²) < 4.78 is 0. The molecule has 20 heavy (non-hydrogen) atoms. The van der Waals surface area contributed by atoms with Crippen molar-refractivity contribution in [2.45, 2.75) is 20.3 Å². The van der Waals surface area contributed by atoms with Crippen LogP contribution < -0.4 is 0 Å². The third-order valence-corrected chi connectivity index (χ3v) is 3.53. The molecule has 0 saturated heterocycles. The molecular formula is C19H19O. The second kappa shape index (κ2) is 6.41. The Balaban J connectivity index is 2.28. The maximum Gasteiger partial charge on any atom is 0.140 e. The van der Waals surface area contributed by atoms with E-state index < -0.39 is 5.41 Å². The van der Waals surface area contributed by atoms with Crippen LogP contribution in [0.2, 0.25) is 0 Å². The topological polar surface area (TPSA) is 20.2 Å². The van der Waals surface area contributed by atoms with Crippen LogP contribution in [0.15, 0.2) is 60.7 Å². The highest BCUT2D eigenvalue weighted by atomic mass is 16.3. The van der Waals surface area contributed by atoms with Crippen molar-refractivity contribution in [2.24, 2.45) is 5.41 Å². The molecule has 0 aliphatic heterocycles. The Kier molecular flexibility index (Phi) is 4.61. The molecule has 0 aliphatic rings. The van der Waals surface area contributed by atoms with Crippen LogP contribution in [0.25, 0.3) is 0 Å². The van der Waals surface area contributed by atoms with Gasteiger partial charge in [0.15, 0.2) is 0 Å². The zero-order chi connectivity index (χ0) is 14.4. The molecule has 1 radical (unpaired) electrons. The molecule has 0 fully saturated rings. The van der Waals surface area contributed by atoms with Crippen LogP contribution in [0, 0.1) is 23.4 Å². The van der Waals surface area contributed by atoms with Crippen molar-refractivity contribution in [1.82, 2.24) is 0 Å². The average Bonchev–Trinajstić information content (AvgIpc) is 2.53. The molecule has 0 bridgehead atoms. The quantitative estimate of drug-likeness (QED) is 0.813. The molecule has 1 heteroatoms. The molecule has 1 nitrogen and oxygen atoms in total. The fourth-order valence-electron chi connectivity index (χ4n) is 1.96. The predicted molar refractivity (Wildman–Crippen MR) is 82.4 cm³/mol. The maximum atomic E-state index is 10.5. The number of hydrogen-bond acceptors (Lipinski definition) is 1. The van der Waals surface area contributed by atoms with E-state index >= 15 is 0 Å². The fraction of sp³-hybridized carbons (Fsp3) is 0.211. The van der Waals surface area contributed by atoms with E-state index in [4.69, 9.17) is 0 Å². The maximum absolute atomic E-state index is 10.5. The van der Waals surface area contributed by atoms with Gasteiger partial charge in [-0.05, 0) is 31.0 Å². The van der Waals surface area contributed by atoms with Gasteiger partial charge in [0.05, 0.1) is 5.41 Å². The van der Waals surface area contributed by atoms with Crippen LogP contribution >= 0.6 is 0 Å². The number of benzene rings is 2. The summed E-state index contributed by atoms with van der Waals surface area (Å²) in [5.74, 6) is 6.38. The van der Waals surface area contributed by atoms with Crippen molar-refractivity contribution in [3.8, 4) is 11.8 Å². The first-order valence-corrected chi connectivity index (χ1v) is 6.86. The summed E-state index contributed by atoms with van der Waals surface area (Å²) >= 11 is 0. The van der Waals surface area contributed by atoms with E-state index in [2.05, 4.69) is 11.8 Å². The van der Waals surface area contributed by atoms with Crippen molar-refractivity contribution in [3.05, 3.63) is 77.9 Å². The molecule has 0 spiro atoms. The van der Waals surface area contributed by atoms with Crippen LogP contribution in [-0.2, 0) is 0 Å². The van der Waals surface area contributed by atoms with E-state index in [0.29, 0.717) is 6.10 Å². The summed E-state index contributed by atoms with van der Waals surface area (Å²) in [6.45, 7) is 4.02. The zero-order valence-electron chi connectivity index (χ0n) is 11.9. The van der Waals surface area contributed by atoms with Gasteiger partial charge < -0.3 is 5.11 Å². The van der Waals surface area contributed by atoms with Gasteiger partial charge in [-0.1, -0.05) is 67.3 Å². The van der Waals surface area contributed by atoms with Crippen LogP contribution in [0.1, 0.15) is 31.4 Å². The number of hydrogen-bond donors (Lipinski definition) is 1. The Morgan fingerprint density at radius 3 is 2.10 bits per heavy atom. The van der Waals surface area contributed by atoms with Crippen molar-refractivity contribution >= 4 is 0 Å². The third-order valence-electron chi connectivity index (χ3n) is 3.53. The molecule has 0 saturated carbocycles. The second-order valence-electron chi connectivity index (χ2n) is 5.02. The van der Waals surface area contributed by atoms with Crippen molar-refractivity contribution in [1.29, 1.82) is 0 Å². The SMILES string of the molecule is CC[C@@](C)(C#Cc1ccccc1)[C](O)c1ccccc1. The van der Waals surface area contributed by atoms with Crippen LogP contribution in [0.5, 0.6) is 0 Å². The lowest BCUT2D eigenvalue weighted by molar-refractivity contribution is 0.214. The molecule has 2 aromatic rings. The lowest BCUT2D eigenvalue weighted by Crippen LogP contribution is -2.24. The number of rotatable bonds is 3. The summed E-state index contributed by atoms with van der Waals surface area (Å²) in [7, 11) is 0. The molecule has 1 N–H and O–H groups in total. The Bertz CT molecular complexity index is 592. The van der Waals surface area contributed by atoms with Crippen molar-refractivity contribution in [3.63, 3.8) is 0 Å². The summed E-state index contributed by atoms with van der Waals surface area (Å²) in [5.41, 5.74) is 1.27. The van der Waals surface area contributed by atoms with Gasteiger partial charge in [0.1, 0.15) is 6.10 Å². The molecular weight excluding hydrogens is 244 g/mol. The smallest absolute Gasteiger partial charge is 0.140 e. The van der Waals surface area contributed by atoms with E-state index in [0.717, 1.165) is 17.5 Å². The molecule has 0 unspecified atom stereocenters. The highest BCUT2D eigenvalue weighted by molar-refractivity contribution is 5.40. The Morgan fingerprint density at radius 1 is 1.00 bits per heavy atom. The standard InChI is InChI=1S/C19H19O/c1-3-19(2,15-14-16-10-6-4-7-11-16)18(20)17-12-8-5-9-13-17/h4-13,20H,3H2,1-2H3/t19-/m0/s1. The Hall–Kier alpha value is -2.04. The Labute approximate surface area is 121 Å². The molecule has 0 aliphatic carbocycles. The van der Waals surface area contributed by atoms with Crippen molar-refractivity contribution < 1.29 is 5.11 Å². The van der Waals surface area contributed by atoms with Crippen LogP contribution in [0.4, 0.5) is 0 Å². The first kappa shape index (κ1) is 14.4. The van der Waals surface area contributed by atoms with Gasteiger partial charge in [-0.2, -0.15) is 0 Å². The number of aliphatic hydroxyl groups excluding tert-OH is 1. The molecule has 0 amide bonds. The molecule has 101 valence electrons. The monoisotopic (exact) mass is 263 g/mol. The highest BCUT2D eigenvalue weighted by Gasteiger charge is 2.31. The van der Waals surface area contributed by atoms with Gasteiger partial charge in [-0.25, -0.2) is 0 Å². The lowest BCUT2D eigenvalue weighted by Gasteiger charge is -2.27. The van der Waals surface area contributed by atoms with E-state index in [1.807, 2.05) is 74.5 Å². The largest absolute Gasteiger partial charge is 0.380 e. The summed E-state index contributed by atoms with van der Waals surface area (Å²) in [6, 6.07) is 19.5. The summed E-state index contributed by atoms with van der Waals surface area (Å²) in [6.07, 6.45) is 1.09. The molecule has 0 aromatic heterocycles. The normalized spacial score (nSPS) is 13.4. The average molecular weight is 263 g/mol. The van der Waals surface area contributed by atoms with E-state index in [1.54, 1.807) is 0 Å². The first-order chi connectivity index (χ1) is 9.65. The van der Waals surface area contributed by atoms with Crippen LogP contribution in [-0.4, -0.2) is 5.11 Å². The van der Waals surface area contributed by atoms with Crippen LogP contribution in [0.3, 0.4) is 0 Å². The van der Waals surface area contributed by atoms with Gasteiger partial charge >= 0.3 is 0 Å². The third kappa shape index (κ3) is 3.29.